The minimum Gasteiger partial charge on any atom is -0.480 e. The van der Waals surface area contributed by atoms with Gasteiger partial charge in [-0.1, -0.05) is 6.92 Å². The second-order valence-corrected chi connectivity index (χ2v) is 15.2. The van der Waals surface area contributed by atoms with E-state index in [1.54, 1.807) is 21.6 Å². The van der Waals surface area contributed by atoms with E-state index in [0.717, 1.165) is 0 Å². The summed E-state index contributed by atoms with van der Waals surface area (Å²) in [6.07, 6.45) is 1.54. The Bertz CT molecular complexity index is 1490. The molecule has 24 nitrogen and oxygen atoms in total. The highest BCUT2D eigenvalue weighted by Gasteiger charge is 2.22. The van der Waals surface area contributed by atoms with Gasteiger partial charge in [0.1, 0.15) is 12.1 Å². The maximum atomic E-state index is 12.6. The van der Waals surface area contributed by atoms with Crippen molar-refractivity contribution in [1.82, 2.24) is 46.2 Å². The number of hydrogen-bond acceptors (Lipinski definition) is 14. The molecule has 0 aliphatic carbocycles. The third-order valence-electron chi connectivity index (χ3n) is 9.96. The predicted octanol–water partition coefficient (Wildman–Crippen LogP) is -2.74. The first-order chi connectivity index (χ1) is 29.9. The molecule has 0 radical (unpaired) electrons. The number of carboxylic acid groups (broad SMARTS) is 5. The standard InChI is InChI=1S/C39H67N9O15/c1-2-30(49)43-29(39(62)63)8-5-14-41-33(52)11-10-32(51)40-13-4-3-7-28(38(60)61)44-34(53)12-15-42-31(50)9-6-16-45-17-19-46(25-35(54)55)21-23-48(27-37(58)59)24-22-47(20-18-45)26-36(56)57/h28-29H,2-27H2,1H3,(H,40,51)(H,41,52)(H,42,50)(H,43,49)(H,44,53)(H,54,55)(H,56,57)(H,58,59)(H,60,61)(H,62,63). The Labute approximate surface area is 366 Å². The van der Waals surface area contributed by atoms with Crippen LogP contribution in [0.1, 0.15) is 77.6 Å². The van der Waals surface area contributed by atoms with Crippen molar-refractivity contribution in [3.8, 4) is 0 Å². The van der Waals surface area contributed by atoms with E-state index in [-0.39, 0.29) is 122 Å². The topological polar surface area (TPSA) is 345 Å². The number of carbonyl (C=O) groups excluding carboxylic acids is 5. The average molecular weight is 902 g/mol. The summed E-state index contributed by atoms with van der Waals surface area (Å²) in [6.45, 7) is 4.27. The van der Waals surface area contributed by atoms with Crippen LogP contribution in [0.25, 0.3) is 0 Å². The van der Waals surface area contributed by atoms with Crippen molar-refractivity contribution in [3.63, 3.8) is 0 Å². The van der Waals surface area contributed by atoms with Crippen molar-refractivity contribution in [2.24, 2.45) is 0 Å². The van der Waals surface area contributed by atoms with Gasteiger partial charge in [0, 0.05) is 104 Å². The van der Waals surface area contributed by atoms with E-state index in [0.29, 0.717) is 58.4 Å². The third-order valence-corrected chi connectivity index (χ3v) is 9.96. The highest BCUT2D eigenvalue weighted by atomic mass is 16.4. The van der Waals surface area contributed by atoms with Gasteiger partial charge in [-0.3, -0.25) is 53.1 Å². The summed E-state index contributed by atoms with van der Waals surface area (Å²) >= 11 is 0. The van der Waals surface area contributed by atoms with E-state index >= 15 is 0 Å². The van der Waals surface area contributed by atoms with Gasteiger partial charge in [0.05, 0.1) is 19.6 Å². The van der Waals surface area contributed by atoms with Crippen LogP contribution in [0.4, 0.5) is 0 Å². The van der Waals surface area contributed by atoms with Crippen molar-refractivity contribution < 1.29 is 73.5 Å². The number of rotatable bonds is 30. The average Bonchev–Trinajstić information content (AvgIpc) is 3.20. The molecule has 358 valence electrons. The molecule has 0 saturated carbocycles. The molecule has 1 rings (SSSR count). The van der Waals surface area contributed by atoms with E-state index in [1.807, 2.05) is 4.90 Å². The summed E-state index contributed by atoms with van der Waals surface area (Å²) < 4.78 is 0. The fourth-order valence-corrected chi connectivity index (χ4v) is 6.43. The molecule has 0 aromatic heterocycles. The molecule has 5 amide bonds. The first kappa shape index (κ1) is 55.6. The Balaban J connectivity index is 2.42. The van der Waals surface area contributed by atoms with Gasteiger partial charge in [-0.15, -0.1) is 0 Å². The third kappa shape index (κ3) is 28.7. The molecule has 2 unspecified atom stereocenters. The van der Waals surface area contributed by atoms with Crippen molar-refractivity contribution in [2.45, 2.75) is 89.6 Å². The molecule has 1 fully saturated rings. The Morgan fingerprint density at radius 2 is 0.810 bits per heavy atom. The summed E-state index contributed by atoms with van der Waals surface area (Å²) in [6, 6.07) is -2.25. The first-order valence-corrected chi connectivity index (χ1v) is 21.3. The van der Waals surface area contributed by atoms with Crippen LogP contribution in [-0.2, 0) is 47.9 Å². The molecule has 0 aromatic rings. The number of amides is 5. The molecule has 0 bridgehead atoms. The highest BCUT2D eigenvalue weighted by Crippen LogP contribution is 2.05. The van der Waals surface area contributed by atoms with Crippen molar-refractivity contribution in [3.05, 3.63) is 0 Å². The second-order valence-electron chi connectivity index (χ2n) is 15.2. The van der Waals surface area contributed by atoms with E-state index in [2.05, 4.69) is 26.6 Å². The smallest absolute Gasteiger partial charge is 0.326 e. The lowest BCUT2D eigenvalue weighted by atomic mass is 10.1. The number of carbonyl (C=O) groups is 10. The zero-order valence-electron chi connectivity index (χ0n) is 36.1. The molecule has 1 saturated heterocycles. The molecule has 2 atom stereocenters. The number of hydrogen-bond donors (Lipinski definition) is 10. The van der Waals surface area contributed by atoms with Crippen molar-refractivity contribution >= 4 is 59.4 Å². The van der Waals surface area contributed by atoms with Gasteiger partial charge in [0.2, 0.25) is 29.5 Å². The van der Waals surface area contributed by atoms with Gasteiger partial charge in [-0.25, -0.2) is 9.59 Å². The molecule has 24 heteroatoms. The minimum atomic E-state index is -1.24. The van der Waals surface area contributed by atoms with Gasteiger partial charge in [0.15, 0.2) is 0 Å². The lowest BCUT2D eigenvalue weighted by Crippen LogP contribution is -2.48. The van der Waals surface area contributed by atoms with Gasteiger partial charge < -0.3 is 57.0 Å². The van der Waals surface area contributed by atoms with Gasteiger partial charge in [-0.05, 0) is 45.1 Å². The number of carboxylic acids is 5. The molecule has 1 aliphatic rings. The van der Waals surface area contributed by atoms with E-state index in [4.69, 9.17) is 0 Å². The SMILES string of the molecule is CCC(=O)NC(CCCNC(=O)CCC(=O)NCCCCC(NC(=O)CCNC(=O)CCCN1CCN(CC(=O)O)CCN(CC(=O)O)CCN(CC(=O)O)CC1)C(=O)O)C(=O)O. The molecule has 1 aliphatic heterocycles. The fourth-order valence-electron chi connectivity index (χ4n) is 6.43. The Kier molecular flexibility index (Phi) is 28.4. The van der Waals surface area contributed by atoms with Gasteiger partial charge in [0.25, 0.3) is 0 Å². The molecule has 10 N–H and O–H groups in total. The van der Waals surface area contributed by atoms with Crippen LogP contribution in [0, 0.1) is 0 Å². The van der Waals surface area contributed by atoms with Crippen LogP contribution in [0.5, 0.6) is 0 Å². The van der Waals surface area contributed by atoms with Crippen molar-refractivity contribution in [1.29, 1.82) is 0 Å². The summed E-state index contributed by atoms with van der Waals surface area (Å²) in [5.74, 6) is -7.63. The lowest BCUT2D eigenvalue weighted by molar-refractivity contribution is -0.142. The van der Waals surface area contributed by atoms with Crippen LogP contribution >= 0.6 is 0 Å². The Morgan fingerprint density at radius 3 is 1.24 bits per heavy atom. The maximum absolute atomic E-state index is 12.6. The molecule has 63 heavy (non-hydrogen) atoms. The monoisotopic (exact) mass is 901 g/mol. The zero-order valence-corrected chi connectivity index (χ0v) is 36.1. The number of unbranched alkanes of at least 4 members (excludes halogenated alkanes) is 1. The highest BCUT2D eigenvalue weighted by molar-refractivity contribution is 5.85. The first-order valence-electron chi connectivity index (χ1n) is 21.3. The van der Waals surface area contributed by atoms with E-state index in [1.165, 1.54) is 0 Å². The number of aliphatic carboxylic acids is 5. The summed E-state index contributed by atoms with van der Waals surface area (Å²) in [4.78, 5) is 125. The summed E-state index contributed by atoms with van der Waals surface area (Å²) in [5, 5.41) is 59.7. The van der Waals surface area contributed by atoms with Crippen LogP contribution in [0.2, 0.25) is 0 Å². The summed E-state index contributed by atoms with van der Waals surface area (Å²) in [7, 11) is 0. The predicted molar refractivity (Wildman–Crippen MR) is 223 cm³/mol. The minimum absolute atomic E-state index is 0.0398. The van der Waals surface area contributed by atoms with Gasteiger partial charge in [-0.2, -0.15) is 0 Å². The lowest BCUT2D eigenvalue weighted by Gasteiger charge is -2.33. The normalized spacial score (nSPS) is 15.6. The molecule has 1 heterocycles. The van der Waals surface area contributed by atoms with Crippen LogP contribution < -0.4 is 26.6 Å². The second kappa shape index (κ2) is 32.2. The number of nitrogens with zero attached hydrogens (tertiary/aromatic N) is 4. The van der Waals surface area contributed by atoms with Gasteiger partial charge >= 0.3 is 29.8 Å². The largest absolute Gasteiger partial charge is 0.480 e. The maximum Gasteiger partial charge on any atom is 0.326 e. The molecular weight excluding hydrogens is 834 g/mol. The summed E-state index contributed by atoms with van der Waals surface area (Å²) in [5.41, 5.74) is 0. The van der Waals surface area contributed by atoms with Crippen LogP contribution in [-0.4, -0.2) is 215 Å². The van der Waals surface area contributed by atoms with Crippen LogP contribution in [0.3, 0.4) is 0 Å². The molecular formula is C39H67N9O15. The fraction of sp³-hybridized carbons (Fsp3) is 0.744. The molecule has 0 aromatic carbocycles. The van der Waals surface area contributed by atoms with Crippen LogP contribution in [0.15, 0.2) is 0 Å². The Morgan fingerprint density at radius 1 is 0.429 bits per heavy atom. The van der Waals surface area contributed by atoms with Crippen molar-refractivity contribution in [2.75, 3.05) is 98.2 Å². The molecule has 0 spiro atoms. The quantitative estimate of drug-likeness (QED) is 0.0327. The van der Waals surface area contributed by atoms with E-state index < -0.39 is 59.7 Å². The zero-order chi connectivity index (χ0) is 47.2. The Hall–Kier alpha value is -5.46. The number of nitrogens with one attached hydrogen (secondary N) is 5. The van der Waals surface area contributed by atoms with E-state index in [9.17, 15) is 73.5 Å².